The minimum atomic E-state index is -0.979. The van der Waals surface area contributed by atoms with Gasteiger partial charge in [-0.2, -0.15) is 0 Å². The summed E-state index contributed by atoms with van der Waals surface area (Å²) in [5, 5.41) is 0. The normalized spacial score (nSPS) is 24.3. The minimum absolute atomic E-state index is 0.0545. The lowest BCUT2D eigenvalue weighted by Gasteiger charge is -2.37. The molecule has 0 radical (unpaired) electrons. The van der Waals surface area contributed by atoms with Crippen LogP contribution in [0.1, 0.15) is 121 Å². The highest BCUT2D eigenvalue weighted by Gasteiger charge is 2.33. The number of ether oxygens (including phenoxy) is 3. The van der Waals surface area contributed by atoms with Crippen molar-refractivity contribution in [2.75, 3.05) is 6.61 Å². The Hall–Kier alpha value is -2.37. The largest absolute Gasteiger partial charge is 0.463 e. The molecule has 0 amide bonds. The summed E-state index contributed by atoms with van der Waals surface area (Å²) >= 11 is 0. The van der Waals surface area contributed by atoms with Crippen molar-refractivity contribution >= 4 is 17.9 Å². The zero-order chi connectivity index (χ0) is 27.3. The fourth-order valence-corrected chi connectivity index (χ4v) is 6.14. The van der Waals surface area contributed by atoms with Crippen molar-refractivity contribution in [1.82, 2.24) is 0 Å². The van der Waals surface area contributed by atoms with Crippen LogP contribution in [0.15, 0.2) is 24.3 Å². The van der Waals surface area contributed by atoms with Crippen LogP contribution in [0, 0.1) is 23.7 Å². The van der Waals surface area contributed by atoms with Crippen molar-refractivity contribution in [3.8, 4) is 5.75 Å². The van der Waals surface area contributed by atoms with Crippen LogP contribution in [0.2, 0.25) is 0 Å². The van der Waals surface area contributed by atoms with E-state index in [1.54, 1.807) is 24.3 Å². The lowest BCUT2D eigenvalue weighted by atomic mass is 9.69. The Balaban J connectivity index is 1.37. The Labute approximate surface area is 229 Å². The van der Waals surface area contributed by atoms with Crippen molar-refractivity contribution in [2.24, 2.45) is 23.7 Å². The number of rotatable bonds is 13. The van der Waals surface area contributed by atoms with Crippen molar-refractivity contribution in [3.05, 3.63) is 29.8 Å². The van der Waals surface area contributed by atoms with E-state index in [4.69, 9.17) is 14.2 Å². The van der Waals surface area contributed by atoms with Crippen LogP contribution in [0.4, 0.5) is 0 Å². The van der Waals surface area contributed by atoms with E-state index in [1.807, 2.05) is 0 Å². The van der Waals surface area contributed by atoms with Crippen LogP contribution in [0.25, 0.3) is 0 Å². The Morgan fingerprint density at radius 2 is 1.45 bits per heavy atom. The average molecular weight is 529 g/mol. The van der Waals surface area contributed by atoms with Gasteiger partial charge in [0.2, 0.25) is 0 Å². The molecule has 212 valence electrons. The molecule has 0 aliphatic heterocycles. The van der Waals surface area contributed by atoms with E-state index in [0.717, 1.165) is 69.1 Å². The number of hydrogen-bond acceptors (Lipinski definition) is 6. The molecule has 0 heterocycles. The number of esters is 3. The first-order valence-corrected chi connectivity index (χ1v) is 15.1. The van der Waals surface area contributed by atoms with Gasteiger partial charge in [0.25, 0.3) is 0 Å². The Bertz CT molecular complexity index is 862. The minimum Gasteiger partial charge on any atom is -0.463 e. The monoisotopic (exact) mass is 528 g/mol. The third kappa shape index (κ3) is 9.43. The van der Waals surface area contributed by atoms with E-state index in [1.165, 1.54) is 45.4 Å². The topological polar surface area (TPSA) is 78.9 Å². The van der Waals surface area contributed by atoms with E-state index < -0.39 is 18.0 Å². The van der Waals surface area contributed by atoms with E-state index in [-0.39, 0.29) is 11.9 Å². The number of benzene rings is 1. The van der Waals surface area contributed by atoms with Gasteiger partial charge in [0.1, 0.15) is 5.75 Å². The summed E-state index contributed by atoms with van der Waals surface area (Å²) < 4.78 is 16.1. The summed E-state index contributed by atoms with van der Waals surface area (Å²) in [5.41, 5.74) is 0.293. The number of unbranched alkanes of at least 4 members (excludes halogenated alkanes) is 3. The lowest BCUT2D eigenvalue weighted by molar-refractivity contribution is -0.153. The summed E-state index contributed by atoms with van der Waals surface area (Å²) in [4.78, 5) is 37.3. The first kappa shape index (κ1) is 30.2. The molecule has 38 heavy (non-hydrogen) atoms. The summed E-state index contributed by atoms with van der Waals surface area (Å²) in [6.45, 7) is 6.25. The number of hydrogen-bond donors (Lipinski definition) is 0. The number of carbonyl (C=O) groups is 3. The molecule has 0 unspecified atom stereocenters. The van der Waals surface area contributed by atoms with Gasteiger partial charge in [-0.25, -0.2) is 9.59 Å². The maximum Gasteiger partial charge on any atom is 0.347 e. The maximum atomic E-state index is 12.8. The van der Waals surface area contributed by atoms with Crippen LogP contribution in [0.5, 0.6) is 5.75 Å². The van der Waals surface area contributed by atoms with Crippen LogP contribution in [-0.4, -0.2) is 30.6 Å². The smallest absolute Gasteiger partial charge is 0.347 e. The van der Waals surface area contributed by atoms with Crippen molar-refractivity contribution in [3.63, 3.8) is 0 Å². The van der Waals surface area contributed by atoms with Gasteiger partial charge in [0, 0.05) is 0 Å². The van der Waals surface area contributed by atoms with Gasteiger partial charge in [0.05, 0.1) is 18.1 Å². The van der Waals surface area contributed by atoms with Gasteiger partial charge in [0.15, 0.2) is 6.10 Å². The van der Waals surface area contributed by atoms with Crippen LogP contribution in [-0.2, 0) is 19.1 Å². The summed E-state index contributed by atoms with van der Waals surface area (Å²) in [5.74, 6) is 1.56. The molecule has 6 heteroatoms. The molecule has 0 bridgehead atoms. The van der Waals surface area contributed by atoms with Crippen molar-refractivity contribution < 1.29 is 28.6 Å². The Morgan fingerprint density at radius 3 is 2.05 bits per heavy atom. The van der Waals surface area contributed by atoms with Gasteiger partial charge in [-0.1, -0.05) is 58.8 Å². The summed E-state index contributed by atoms with van der Waals surface area (Å²) in [7, 11) is 0. The average Bonchev–Trinajstić information content (AvgIpc) is 2.94. The second-order valence-electron chi connectivity index (χ2n) is 11.4. The molecule has 2 saturated carbocycles. The summed E-state index contributed by atoms with van der Waals surface area (Å²) in [6, 6.07) is 6.32. The highest BCUT2D eigenvalue weighted by molar-refractivity contribution is 5.91. The van der Waals surface area contributed by atoms with Gasteiger partial charge < -0.3 is 14.2 Å². The highest BCUT2D eigenvalue weighted by atomic mass is 16.6. The zero-order valence-electron chi connectivity index (χ0n) is 23.8. The molecular formula is C32H48O6. The second-order valence-corrected chi connectivity index (χ2v) is 11.4. The lowest BCUT2D eigenvalue weighted by Crippen LogP contribution is -2.30. The molecule has 2 aliphatic rings. The van der Waals surface area contributed by atoms with Crippen molar-refractivity contribution in [1.29, 1.82) is 0 Å². The molecule has 0 aromatic heterocycles. The first-order chi connectivity index (χ1) is 18.4. The maximum absolute atomic E-state index is 12.8. The SMILES string of the molecule is CCCCCCOC(=O)[C@@H](C)OC(=O)c1ccc(OC(=O)C2CCC(C3CCC(CCC)CC3)CC2)cc1. The Kier molecular flexibility index (Phi) is 12.6. The third-order valence-corrected chi connectivity index (χ3v) is 8.53. The van der Waals surface area contributed by atoms with Crippen LogP contribution < -0.4 is 4.74 Å². The van der Waals surface area contributed by atoms with Gasteiger partial charge >= 0.3 is 17.9 Å². The molecular weight excluding hydrogens is 480 g/mol. The van der Waals surface area contributed by atoms with E-state index in [2.05, 4.69) is 13.8 Å². The first-order valence-electron chi connectivity index (χ1n) is 15.1. The van der Waals surface area contributed by atoms with Gasteiger partial charge in [-0.3, -0.25) is 4.79 Å². The predicted molar refractivity (Wildman–Crippen MR) is 148 cm³/mol. The van der Waals surface area contributed by atoms with Crippen molar-refractivity contribution in [2.45, 2.75) is 117 Å². The fraction of sp³-hybridized carbons (Fsp3) is 0.719. The van der Waals surface area contributed by atoms with Gasteiger partial charge in [-0.05, 0) is 93.9 Å². The van der Waals surface area contributed by atoms with Crippen LogP contribution >= 0.6 is 0 Å². The molecule has 2 fully saturated rings. The van der Waals surface area contributed by atoms with E-state index >= 15 is 0 Å². The molecule has 6 nitrogen and oxygen atoms in total. The molecule has 3 rings (SSSR count). The molecule has 0 spiro atoms. The number of carbonyl (C=O) groups excluding carboxylic acids is 3. The molecule has 1 aromatic rings. The molecule has 0 N–H and O–H groups in total. The predicted octanol–water partition coefficient (Wildman–Crippen LogP) is 7.67. The molecule has 2 aliphatic carbocycles. The highest BCUT2D eigenvalue weighted by Crippen LogP contribution is 2.42. The van der Waals surface area contributed by atoms with E-state index in [9.17, 15) is 14.4 Å². The standard InChI is InChI=1S/C32H48O6/c1-4-6-7-8-22-36-30(33)23(3)37-31(34)28-18-20-29(21-19-28)38-32(35)27-16-14-26(15-17-27)25-12-10-24(9-5-2)11-13-25/h18-21,23-27H,4-17,22H2,1-3H3/t23-,24?,25?,26?,27?/m1/s1. The third-order valence-electron chi connectivity index (χ3n) is 8.53. The van der Waals surface area contributed by atoms with E-state index in [0.29, 0.717) is 17.9 Å². The molecule has 1 atom stereocenters. The molecule has 0 saturated heterocycles. The molecule has 1 aromatic carbocycles. The quantitative estimate of drug-likeness (QED) is 0.148. The zero-order valence-corrected chi connectivity index (χ0v) is 23.8. The van der Waals surface area contributed by atoms with Gasteiger partial charge in [-0.15, -0.1) is 0 Å². The fourth-order valence-electron chi connectivity index (χ4n) is 6.14. The summed E-state index contributed by atoms with van der Waals surface area (Å²) in [6.07, 6.45) is 15.2. The van der Waals surface area contributed by atoms with Crippen LogP contribution in [0.3, 0.4) is 0 Å². The second kappa shape index (κ2) is 15.9. The Morgan fingerprint density at radius 1 is 0.816 bits per heavy atom.